The molecule has 0 saturated heterocycles. The summed E-state index contributed by atoms with van der Waals surface area (Å²) < 4.78 is 4.66. The van der Waals surface area contributed by atoms with E-state index < -0.39 is 12.0 Å². The lowest BCUT2D eigenvalue weighted by atomic mass is 10.0. The third-order valence-corrected chi connectivity index (χ3v) is 2.67. The van der Waals surface area contributed by atoms with Crippen molar-refractivity contribution in [1.29, 1.82) is 0 Å². The summed E-state index contributed by atoms with van der Waals surface area (Å²) in [5.74, 6) is -0.691. The largest absolute Gasteiger partial charge is 0.467 e. The second-order valence-corrected chi connectivity index (χ2v) is 4.53. The molecule has 104 valence electrons. The van der Waals surface area contributed by atoms with Gasteiger partial charge in [-0.3, -0.25) is 4.79 Å². The molecule has 0 aliphatic carbocycles. The van der Waals surface area contributed by atoms with Crippen molar-refractivity contribution in [3.8, 4) is 0 Å². The van der Waals surface area contributed by atoms with Gasteiger partial charge in [-0.2, -0.15) is 0 Å². The van der Waals surface area contributed by atoms with Crippen LogP contribution in [0.4, 0.5) is 5.69 Å². The van der Waals surface area contributed by atoms with Gasteiger partial charge in [0.05, 0.1) is 13.7 Å². The minimum atomic E-state index is -0.616. The zero-order valence-corrected chi connectivity index (χ0v) is 11.5. The summed E-state index contributed by atoms with van der Waals surface area (Å²) in [7, 11) is 1.31. The zero-order valence-electron chi connectivity index (χ0n) is 11.5. The number of ether oxygens (including phenoxy) is 1. The molecule has 19 heavy (non-hydrogen) atoms. The van der Waals surface area contributed by atoms with Crippen LogP contribution in [0.3, 0.4) is 0 Å². The van der Waals surface area contributed by atoms with Crippen molar-refractivity contribution < 1.29 is 14.3 Å². The van der Waals surface area contributed by atoms with E-state index in [2.05, 4.69) is 15.4 Å². The molecule has 0 fully saturated rings. The molecule has 0 saturated carbocycles. The lowest BCUT2D eigenvalue weighted by Crippen LogP contribution is -2.46. The summed E-state index contributed by atoms with van der Waals surface area (Å²) in [5.41, 5.74) is 0.858. The molecule has 0 bridgehead atoms. The van der Waals surface area contributed by atoms with Gasteiger partial charge in [0.15, 0.2) is 0 Å². The fourth-order valence-corrected chi connectivity index (χ4v) is 1.59. The number of rotatable bonds is 6. The van der Waals surface area contributed by atoms with Crippen LogP contribution in [0.1, 0.15) is 13.8 Å². The van der Waals surface area contributed by atoms with Crippen LogP contribution in [0.5, 0.6) is 0 Å². The van der Waals surface area contributed by atoms with E-state index in [0.29, 0.717) is 0 Å². The van der Waals surface area contributed by atoms with Gasteiger partial charge >= 0.3 is 5.97 Å². The first-order valence-electron chi connectivity index (χ1n) is 6.20. The average Bonchev–Trinajstić information content (AvgIpc) is 2.42. The normalized spacial score (nSPS) is 11.8. The van der Waals surface area contributed by atoms with Gasteiger partial charge in [0.1, 0.15) is 6.04 Å². The maximum absolute atomic E-state index is 11.8. The van der Waals surface area contributed by atoms with Crippen LogP contribution in [-0.4, -0.2) is 31.6 Å². The lowest BCUT2D eigenvalue weighted by Gasteiger charge is -2.20. The Morgan fingerprint density at radius 3 is 2.37 bits per heavy atom. The molecule has 2 N–H and O–H groups in total. The highest BCUT2D eigenvalue weighted by atomic mass is 16.5. The van der Waals surface area contributed by atoms with Crippen molar-refractivity contribution >= 4 is 17.6 Å². The minimum Gasteiger partial charge on any atom is -0.467 e. The number of esters is 1. The number of nitrogens with one attached hydrogen (secondary N) is 2. The van der Waals surface area contributed by atoms with Gasteiger partial charge < -0.3 is 15.4 Å². The first kappa shape index (κ1) is 15.0. The molecule has 5 nitrogen and oxygen atoms in total. The molecule has 0 aromatic heterocycles. The van der Waals surface area contributed by atoms with E-state index in [9.17, 15) is 9.59 Å². The topological polar surface area (TPSA) is 67.4 Å². The Morgan fingerprint density at radius 1 is 1.21 bits per heavy atom. The third-order valence-electron chi connectivity index (χ3n) is 2.67. The maximum atomic E-state index is 11.8. The molecule has 1 aromatic carbocycles. The zero-order chi connectivity index (χ0) is 14.3. The van der Waals surface area contributed by atoms with Gasteiger partial charge in [-0.25, -0.2) is 4.79 Å². The van der Waals surface area contributed by atoms with E-state index in [1.54, 1.807) is 0 Å². The SMILES string of the molecule is COC(=O)[C@@H](NC(=O)CNc1ccccc1)C(C)C. The lowest BCUT2D eigenvalue weighted by molar-refractivity contribution is -0.146. The van der Waals surface area contributed by atoms with Crippen LogP contribution < -0.4 is 10.6 Å². The van der Waals surface area contributed by atoms with Gasteiger partial charge in [0.2, 0.25) is 5.91 Å². The van der Waals surface area contributed by atoms with Gasteiger partial charge in [-0.05, 0) is 18.1 Å². The van der Waals surface area contributed by atoms with Crippen LogP contribution in [0, 0.1) is 5.92 Å². The second kappa shape index (κ2) is 7.41. The number of carbonyl (C=O) groups is 2. The van der Waals surface area contributed by atoms with Crippen LogP contribution in [-0.2, 0) is 14.3 Å². The molecule has 1 amide bonds. The number of carbonyl (C=O) groups excluding carboxylic acids is 2. The predicted octanol–water partition coefficient (Wildman–Crippen LogP) is 1.41. The standard InChI is InChI=1S/C14H20N2O3/c1-10(2)13(14(18)19-3)16-12(17)9-15-11-7-5-4-6-8-11/h4-8,10,13,15H,9H2,1-3H3,(H,16,17)/t13-/m0/s1. The number of benzene rings is 1. The highest BCUT2D eigenvalue weighted by molar-refractivity contribution is 5.86. The van der Waals surface area contributed by atoms with E-state index in [0.717, 1.165) is 5.69 Å². The minimum absolute atomic E-state index is 0.0203. The fourth-order valence-electron chi connectivity index (χ4n) is 1.59. The Bertz CT molecular complexity index is 418. The van der Waals surface area contributed by atoms with Gasteiger partial charge in [0, 0.05) is 5.69 Å². The summed E-state index contributed by atoms with van der Waals surface area (Å²) in [6.07, 6.45) is 0. The highest BCUT2D eigenvalue weighted by Crippen LogP contribution is 2.05. The smallest absolute Gasteiger partial charge is 0.328 e. The summed E-state index contributed by atoms with van der Waals surface area (Å²) >= 11 is 0. The number of amides is 1. The van der Waals surface area contributed by atoms with Crippen LogP contribution in [0.25, 0.3) is 0 Å². The van der Waals surface area contributed by atoms with E-state index in [-0.39, 0.29) is 18.4 Å². The molecule has 0 radical (unpaired) electrons. The summed E-state index contributed by atoms with van der Waals surface area (Å²) in [5, 5.41) is 5.64. The number of hydrogen-bond acceptors (Lipinski definition) is 4. The molecule has 1 aromatic rings. The second-order valence-electron chi connectivity index (χ2n) is 4.53. The van der Waals surface area contributed by atoms with Gasteiger partial charge in [-0.15, -0.1) is 0 Å². The van der Waals surface area contributed by atoms with Crippen molar-refractivity contribution in [3.63, 3.8) is 0 Å². The van der Waals surface area contributed by atoms with Crippen LogP contribution >= 0.6 is 0 Å². The number of hydrogen-bond donors (Lipinski definition) is 2. The first-order chi connectivity index (χ1) is 9.04. The summed E-state index contributed by atoms with van der Waals surface area (Å²) in [6, 6.07) is 8.78. The van der Waals surface area contributed by atoms with Crippen molar-refractivity contribution in [2.45, 2.75) is 19.9 Å². The number of methoxy groups -OCH3 is 1. The quantitative estimate of drug-likeness (QED) is 0.762. The van der Waals surface area contributed by atoms with Crippen molar-refractivity contribution in [3.05, 3.63) is 30.3 Å². The number of anilines is 1. The molecule has 0 aliphatic rings. The highest BCUT2D eigenvalue weighted by Gasteiger charge is 2.24. The molecule has 5 heteroatoms. The molecule has 0 spiro atoms. The average molecular weight is 264 g/mol. The predicted molar refractivity (Wildman–Crippen MR) is 73.7 cm³/mol. The Morgan fingerprint density at radius 2 is 1.84 bits per heavy atom. The molecule has 1 atom stereocenters. The Balaban J connectivity index is 2.47. The van der Waals surface area contributed by atoms with Crippen molar-refractivity contribution in [2.24, 2.45) is 5.92 Å². The summed E-state index contributed by atoms with van der Waals surface area (Å²) in [4.78, 5) is 23.3. The van der Waals surface area contributed by atoms with Gasteiger partial charge in [0.25, 0.3) is 0 Å². The van der Waals surface area contributed by atoms with Crippen molar-refractivity contribution in [2.75, 3.05) is 19.0 Å². The Hall–Kier alpha value is -2.04. The Kier molecular flexibility index (Phi) is 5.85. The van der Waals surface area contributed by atoms with Crippen LogP contribution in [0.15, 0.2) is 30.3 Å². The van der Waals surface area contributed by atoms with E-state index >= 15 is 0 Å². The number of para-hydroxylation sites is 1. The maximum Gasteiger partial charge on any atom is 0.328 e. The van der Waals surface area contributed by atoms with E-state index in [1.807, 2.05) is 44.2 Å². The first-order valence-corrected chi connectivity index (χ1v) is 6.20. The molecule has 0 heterocycles. The third kappa shape index (κ3) is 4.99. The van der Waals surface area contributed by atoms with Gasteiger partial charge in [-0.1, -0.05) is 32.0 Å². The fraction of sp³-hybridized carbons (Fsp3) is 0.429. The van der Waals surface area contributed by atoms with Crippen LogP contribution in [0.2, 0.25) is 0 Å². The Labute approximate surface area is 113 Å². The molecule has 0 aliphatic heterocycles. The summed E-state index contributed by atoms with van der Waals surface area (Å²) in [6.45, 7) is 3.82. The molecular formula is C14H20N2O3. The molecular weight excluding hydrogens is 244 g/mol. The van der Waals surface area contributed by atoms with Crippen molar-refractivity contribution in [1.82, 2.24) is 5.32 Å². The molecule has 1 rings (SSSR count). The van der Waals surface area contributed by atoms with E-state index in [1.165, 1.54) is 7.11 Å². The van der Waals surface area contributed by atoms with E-state index in [4.69, 9.17) is 0 Å². The monoisotopic (exact) mass is 264 g/mol. The molecule has 0 unspecified atom stereocenters.